The summed E-state index contributed by atoms with van der Waals surface area (Å²) in [6.07, 6.45) is -5.27. The number of halogens is 5. The summed E-state index contributed by atoms with van der Waals surface area (Å²) in [5, 5.41) is 0. The van der Waals surface area contributed by atoms with Crippen LogP contribution in [0.1, 0.15) is 12.0 Å². The van der Waals surface area contributed by atoms with Crippen molar-refractivity contribution in [2.45, 2.75) is 24.2 Å². The van der Waals surface area contributed by atoms with E-state index in [4.69, 9.17) is 10.5 Å². The van der Waals surface area contributed by atoms with E-state index in [-0.39, 0.29) is 6.42 Å². The lowest BCUT2D eigenvalue weighted by molar-refractivity contribution is -0.201. The van der Waals surface area contributed by atoms with Gasteiger partial charge in [-0.25, -0.2) is 9.38 Å². The normalized spacial score (nSPS) is 32.1. The molecule has 1 heterocycles. The average Bonchev–Trinajstić information content (AvgIpc) is 3.08. The molecule has 0 saturated heterocycles. The van der Waals surface area contributed by atoms with Gasteiger partial charge in [0.25, 0.3) is 6.02 Å². The van der Waals surface area contributed by atoms with Gasteiger partial charge in [-0.2, -0.15) is 13.2 Å². The zero-order valence-electron chi connectivity index (χ0n) is 9.92. The third kappa shape index (κ3) is 1.81. The summed E-state index contributed by atoms with van der Waals surface area (Å²) in [4.78, 5) is 3.47. The molecule has 1 aliphatic heterocycles. The number of hydrogen-bond donors (Lipinski definition) is 1. The van der Waals surface area contributed by atoms with Crippen LogP contribution in [0, 0.1) is 11.7 Å². The Kier molecular flexibility index (Phi) is 2.80. The number of amidine groups is 1. The van der Waals surface area contributed by atoms with E-state index in [0.29, 0.717) is 4.47 Å². The smallest absolute Gasteiger partial charge is 0.418 e. The summed E-state index contributed by atoms with van der Waals surface area (Å²) in [6, 6.07) is 2.85. The lowest BCUT2D eigenvalue weighted by Crippen LogP contribution is -2.48. The molecule has 2 aliphatic rings. The monoisotopic (exact) mass is 352 g/mol. The summed E-state index contributed by atoms with van der Waals surface area (Å²) >= 11 is 3.06. The number of benzene rings is 1. The van der Waals surface area contributed by atoms with E-state index in [9.17, 15) is 17.6 Å². The van der Waals surface area contributed by atoms with Crippen molar-refractivity contribution in [3.05, 3.63) is 34.1 Å². The Morgan fingerprint density at radius 1 is 1.40 bits per heavy atom. The van der Waals surface area contributed by atoms with Crippen LogP contribution in [0.2, 0.25) is 0 Å². The predicted octanol–water partition coefficient (Wildman–Crippen LogP) is 3.08. The summed E-state index contributed by atoms with van der Waals surface area (Å²) in [6.45, 7) is 0. The van der Waals surface area contributed by atoms with Crippen molar-refractivity contribution < 1.29 is 22.3 Å². The van der Waals surface area contributed by atoms with Gasteiger partial charge in [0.2, 0.25) is 0 Å². The summed E-state index contributed by atoms with van der Waals surface area (Å²) in [5.74, 6) is -1.91. The SMILES string of the molecule is NC1=N[C@@](c2cc(Br)ccc2F)(C(F)(F)F)[C@H]2C[C@H]2O1. The number of hydrogen-bond acceptors (Lipinski definition) is 3. The first-order valence-electron chi connectivity index (χ1n) is 5.80. The Morgan fingerprint density at radius 3 is 2.75 bits per heavy atom. The molecule has 8 heteroatoms. The first-order chi connectivity index (χ1) is 9.25. The predicted molar refractivity (Wildman–Crippen MR) is 66.4 cm³/mol. The van der Waals surface area contributed by atoms with E-state index in [0.717, 1.165) is 12.1 Å². The Labute approximate surface area is 119 Å². The molecule has 1 aromatic carbocycles. The van der Waals surface area contributed by atoms with Crippen LogP contribution in [0.4, 0.5) is 17.6 Å². The highest BCUT2D eigenvalue weighted by Crippen LogP contribution is 2.60. The molecule has 1 fully saturated rings. The largest absolute Gasteiger partial charge is 0.462 e. The molecule has 0 spiro atoms. The number of aliphatic imine (C=N–C) groups is 1. The molecule has 0 radical (unpaired) electrons. The van der Waals surface area contributed by atoms with Gasteiger partial charge in [-0.1, -0.05) is 15.9 Å². The molecular formula is C12H9BrF4N2O. The van der Waals surface area contributed by atoms with Gasteiger partial charge in [0.1, 0.15) is 11.9 Å². The first kappa shape index (κ1) is 13.7. The molecule has 2 N–H and O–H groups in total. The van der Waals surface area contributed by atoms with Gasteiger partial charge < -0.3 is 10.5 Å². The van der Waals surface area contributed by atoms with Gasteiger partial charge >= 0.3 is 6.18 Å². The Bertz CT molecular complexity index is 604. The number of alkyl halides is 3. The topological polar surface area (TPSA) is 47.6 Å². The van der Waals surface area contributed by atoms with Crippen molar-refractivity contribution in [3.63, 3.8) is 0 Å². The molecule has 0 aromatic heterocycles. The molecule has 3 nitrogen and oxygen atoms in total. The fourth-order valence-electron chi connectivity index (χ4n) is 2.66. The van der Waals surface area contributed by atoms with Gasteiger partial charge in [-0.05, 0) is 24.6 Å². The molecule has 3 atom stereocenters. The van der Waals surface area contributed by atoms with Crippen LogP contribution in [-0.2, 0) is 10.3 Å². The second kappa shape index (κ2) is 4.09. The minimum atomic E-state index is -4.76. The molecule has 0 bridgehead atoms. The fourth-order valence-corrected chi connectivity index (χ4v) is 3.02. The van der Waals surface area contributed by atoms with Crippen molar-refractivity contribution in [3.8, 4) is 0 Å². The maximum atomic E-state index is 14.0. The van der Waals surface area contributed by atoms with Crippen molar-refractivity contribution in [1.29, 1.82) is 0 Å². The molecular weight excluding hydrogens is 344 g/mol. The third-order valence-corrected chi connectivity index (χ3v) is 4.09. The van der Waals surface area contributed by atoms with Crippen LogP contribution in [0.25, 0.3) is 0 Å². The van der Waals surface area contributed by atoms with Crippen LogP contribution < -0.4 is 5.73 Å². The maximum Gasteiger partial charge on any atom is 0.418 e. The van der Waals surface area contributed by atoms with Crippen LogP contribution in [0.3, 0.4) is 0 Å². The highest BCUT2D eigenvalue weighted by Gasteiger charge is 2.71. The highest BCUT2D eigenvalue weighted by molar-refractivity contribution is 9.10. The zero-order valence-corrected chi connectivity index (χ0v) is 11.5. The van der Waals surface area contributed by atoms with E-state index >= 15 is 0 Å². The van der Waals surface area contributed by atoms with Crippen LogP contribution in [0.15, 0.2) is 27.7 Å². The van der Waals surface area contributed by atoms with Crippen molar-refractivity contribution in [1.82, 2.24) is 0 Å². The lowest BCUT2D eigenvalue weighted by atomic mass is 9.83. The molecule has 3 rings (SSSR count). The highest BCUT2D eigenvalue weighted by atomic mass is 79.9. The Hall–Kier alpha value is -1.31. The molecule has 1 saturated carbocycles. The molecule has 108 valence electrons. The van der Waals surface area contributed by atoms with Crippen molar-refractivity contribution in [2.24, 2.45) is 16.6 Å². The molecule has 1 aromatic rings. The van der Waals surface area contributed by atoms with Gasteiger partial charge in [-0.3, -0.25) is 0 Å². The molecule has 20 heavy (non-hydrogen) atoms. The third-order valence-electron chi connectivity index (χ3n) is 3.60. The number of rotatable bonds is 1. The lowest BCUT2D eigenvalue weighted by Gasteiger charge is -2.35. The minimum Gasteiger partial charge on any atom is -0.462 e. The summed E-state index contributed by atoms with van der Waals surface area (Å²) in [5.41, 5.74) is 2.14. The van der Waals surface area contributed by atoms with E-state index in [2.05, 4.69) is 20.9 Å². The van der Waals surface area contributed by atoms with Crippen LogP contribution >= 0.6 is 15.9 Å². The fraction of sp³-hybridized carbons (Fsp3) is 0.417. The first-order valence-corrected chi connectivity index (χ1v) is 6.59. The molecule has 1 aliphatic carbocycles. The average molecular weight is 353 g/mol. The maximum absolute atomic E-state index is 14.0. The van der Waals surface area contributed by atoms with Crippen LogP contribution in [0.5, 0.6) is 0 Å². The zero-order chi connectivity index (χ0) is 14.7. The summed E-state index contributed by atoms with van der Waals surface area (Å²) < 4.78 is 60.2. The van der Waals surface area contributed by atoms with Gasteiger partial charge in [-0.15, -0.1) is 0 Å². The van der Waals surface area contributed by atoms with E-state index in [1.165, 1.54) is 6.07 Å². The van der Waals surface area contributed by atoms with Gasteiger partial charge in [0.05, 0.1) is 0 Å². The summed E-state index contributed by atoms with van der Waals surface area (Å²) in [7, 11) is 0. The second-order valence-corrected chi connectivity index (χ2v) is 5.75. The minimum absolute atomic E-state index is 0.148. The molecule has 0 unspecified atom stereocenters. The number of ether oxygens (including phenoxy) is 1. The van der Waals surface area contributed by atoms with E-state index < -0.39 is 41.1 Å². The number of fused-ring (bicyclic) bond motifs is 1. The van der Waals surface area contributed by atoms with E-state index in [1.807, 2.05) is 0 Å². The van der Waals surface area contributed by atoms with Crippen molar-refractivity contribution in [2.75, 3.05) is 0 Å². The molecule has 0 amide bonds. The quantitative estimate of drug-likeness (QED) is 0.789. The standard InChI is InChI=1S/C12H9BrF4N2O/c13-5-1-2-8(14)6(3-5)11(12(15,16)17)7-4-9(7)20-10(18)19-11/h1-3,7,9H,4H2,(H2,18,19)/t7-,9+,11+/m0/s1. The second-order valence-electron chi connectivity index (χ2n) is 4.84. The Balaban J connectivity index is 2.27. The van der Waals surface area contributed by atoms with Gasteiger partial charge in [0, 0.05) is 16.0 Å². The Morgan fingerprint density at radius 2 is 2.10 bits per heavy atom. The number of nitrogens with zero attached hydrogens (tertiary/aromatic N) is 1. The van der Waals surface area contributed by atoms with E-state index in [1.54, 1.807) is 0 Å². The number of nitrogens with two attached hydrogens (primary N) is 1. The van der Waals surface area contributed by atoms with Gasteiger partial charge in [0.15, 0.2) is 5.54 Å². The van der Waals surface area contributed by atoms with Crippen LogP contribution in [-0.4, -0.2) is 18.3 Å². The van der Waals surface area contributed by atoms with Crippen molar-refractivity contribution >= 4 is 22.0 Å².